The van der Waals surface area contributed by atoms with Crippen molar-refractivity contribution < 1.29 is 19.2 Å². The number of carbonyl (C=O) groups excluding carboxylic acids is 2. The van der Waals surface area contributed by atoms with Gasteiger partial charge in [0.2, 0.25) is 0 Å². The smallest absolute Gasteiger partial charge is 0.338 e. The van der Waals surface area contributed by atoms with Gasteiger partial charge in [0.25, 0.3) is 11.6 Å². The summed E-state index contributed by atoms with van der Waals surface area (Å²) in [5, 5.41) is 21.7. The minimum atomic E-state index is -0.880. The molecule has 0 radical (unpaired) electrons. The maximum absolute atomic E-state index is 12.0. The molecule has 0 heterocycles. The Balaban J connectivity index is 1.52. The number of esters is 1. The van der Waals surface area contributed by atoms with Crippen LogP contribution in [0.25, 0.3) is 0 Å². The molecular weight excluding hydrogens is 402 g/mol. The average Bonchev–Trinajstić information content (AvgIpc) is 2.78. The number of nitrogens with two attached hydrogens (primary N) is 1. The SMILES string of the molecule is Nc1ccc(C(=O)OCC(=O)Nc2ccc(N=Nc3ccccc3)cc2)cc1[N+](=O)[O-]. The second-order valence-electron chi connectivity index (χ2n) is 6.24. The lowest BCUT2D eigenvalue weighted by molar-refractivity contribution is -0.383. The molecule has 0 aliphatic carbocycles. The molecule has 0 unspecified atom stereocenters. The molecule has 156 valence electrons. The zero-order valence-electron chi connectivity index (χ0n) is 16.1. The summed E-state index contributed by atoms with van der Waals surface area (Å²) in [6, 6.07) is 19.3. The first-order chi connectivity index (χ1) is 14.9. The number of benzene rings is 3. The zero-order chi connectivity index (χ0) is 22.2. The summed E-state index contributed by atoms with van der Waals surface area (Å²) in [5.74, 6) is -1.45. The quantitative estimate of drug-likeness (QED) is 0.191. The van der Waals surface area contributed by atoms with Crippen LogP contribution < -0.4 is 11.1 Å². The molecule has 3 rings (SSSR count). The number of nitrogen functional groups attached to an aromatic ring is 1. The second-order valence-corrected chi connectivity index (χ2v) is 6.24. The highest BCUT2D eigenvalue weighted by atomic mass is 16.6. The Morgan fingerprint density at radius 2 is 1.61 bits per heavy atom. The van der Waals surface area contributed by atoms with Crippen molar-refractivity contribution >= 4 is 40.3 Å². The van der Waals surface area contributed by atoms with Gasteiger partial charge in [0.05, 0.1) is 21.9 Å². The Morgan fingerprint density at radius 3 is 2.26 bits per heavy atom. The van der Waals surface area contributed by atoms with Gasteiger partial charge in [-0.1, -0.05) is 18.2 Å². The van der Waals surface area contributed by atoms with Crippen LogP contribution in [0, 0.1) is 10.1 Å². The van der Waals surface area contributed by atoms with Crippen LogP contribution in [0.3, 0.4) is 0 Å². The highest BCUT2D eigenvalue weighted by molar-refractivity contribution is 5.96. The van der Waals surface area contributed by atoms with Gasteiger partial charge in [0.15, 0.2) is 6.61 Å². The van der Waals surface area contributed by atoms with Crippen LogP contribution in [0.4, 0.5) is 28.4 Å². The van der Waals surface area contributed by atoms with E-state index in [0.717, 1.165) is 6.07 Å². The van der Waals surface area contributed by atoms with E-state index in [0.29, 0.717) is 17.1 Å². The Bertz CT molecular complexity index is 1130. The van der Waals surface area contributed by atoms with Crippen LogP contribution in [0.1, 0.15) is 10.4 Å². The van der Waals surface area contributed by atoms with Crippen molar-refractivity contribution in [3.8, 4) is 0 Å². The molecule has 0 bridgehead atoms. The Kier molecular flexibility index (Phi) is 6.64. The van der Waals surface area contributed by atoms with Crippen molar-refractivity contribution in [1.29, 1.82) is 0 Å². The van der Waals surface area contributed by atoms with Gasteiger partial charge in [-0.25, -0.2) is 4.79 Å². The molecule has 10 heteroatoms. The summed E-state index contributed by atoms with van der Waals surface area (Å²) in [5.41, 5.74) is 6.70. The van der Waals surface area contributed by atoms with Crippen LogP contribution in [-0.4, -0.2) is 23.4 Å². The number of amides is 1. The summed E-state index contributed by atoms with van der Waals surface area (Å²) in [6.07, 6.45) is 0. The molecule has 10 nitrogen and oxygen atoms in total. The number of nitro benzene ring substituents is 1. The number of nitrogens with zero attached hydrogens (tertiary/aromatic N) is 3. The molecule has 3 aromatic carbocycles. The third-order valence-electron chi connectivity index (χ3n) is 3.99. The highest BCUT2D eigenvalue weighted by Gasteiger charge is 2.17. The first-order valence-electron chi connectivity index (χ1n) is 9.00. The maximum atomic E-state index is 12.0. The van der Waals surface area contributed by atoms with Crippen LogP contribution in [0.15, 0.2) is 83.0 Å². The number of ether oxygens (including phenoxy) is 1. The number of hydrogen-bond donors (Lipinski definition) is 2. The first-order valence-corrected chi connectivity index (χ1v) is 9.00. The van der Waals surface area contributed by atoms with Gasteiger partial charge in [-0.2, -0.15) is 10.2 Å². The van der Waals surface area contributed by atoms with Crippen LogP contribution in [-0.2, 0) is 9.53 Å². The van der Waals surface area contributed by atoms with E-state index in [9.17, 15) is 19.7 Å². The van der Waals surface area contributed by atoms with Crippen molar-refractivity contribution in [2.24, 2.45) is 10.2 Å². The normalized spacial score (nSPS) is 10.6. The number of nitro groups is 1. The van der Waals surface area contributed by atoms with Gasteiger partial charge in [-0.3, -0.25) is 14.9 Å². The van der Waals surface area contributed by atoms with E-state index in [1.54, 1.807) is 24.3 Å². The molecule has 0 aliphatic heterocycles. The van der Waals surface area contributed by atoms with Gasteiger partial charge < -0.3 is 15.8 Å². The molecule has 0 fully saturated rings. The summed E-state index contributed by atoms with van der Waals surface area (Å²) in [4.78, 5) is 34.2. The molecule has 3 aromatic rings. The fraction of sp³-hybridized carbons (Fsp3) is 0.0476. The predicted octanol–water partition coefficient (Wildman–Crippen LogP) is 4.39. The van der Waals surface area contributed by atoms with Crippen molar-refractivity contribution in [2.45, 2.75) is 0 Å². The number of anilines is 2. The number of hydrogen-bond acceptors (Lipinski definition) is 8. The summed E-state index contributed by atoms with van der Waals surface area (Å²) < 4.78 is 4.90. The average molecular weight is 419 g/mol. The van der Waals surface area contributed by atoms with Crippen molar-refractivity contribution in [3.63, 3.8) is 0 Å². The van der Waals surface area contributed by atoms with Gasteiger partial charge in [-0.15, -0.1) is 0 Å². The molecule has 0 saturated heterocycles. The highest BCUT2D eigenvalue weighted by Crippen LogP contribution is 2.23. The van der Waals surface area contributed by atoms with E-state index < -0.39 is 29.1 Å². The molecule has 0 atom stereocenters. The third-order valence-corrected chi connectivity index (χ3v) is 3.99. The predicted molar refractivity (Wildman–Crippen MR) is 113 cm³/mol. The van der Waals surface area contributed by atoms with Crippen LogP contribution >= 0.6 is 0 Å². The van der Waals surface area contributed by atoms with E-state index in [4.69, 9.17) is 10.5 Å². The number of azo groups is 1. The minimum Gasteiger partial charge on any atom is -0.452 e. The van der Waals surface area contributed by atoms with E-state index in [2.05, 4.69) is 15.5 Å². The molecule has 0 aliphatic rings. The van der Waals surface area contributed by atoms with Crippen LogP contribution in [0.2, 0.25) is 0 Å². The molecule has 0 saturated carbocycles. The van der Waals surface area contributed by atoms with E-state index in [-0.39, 0.29) is 11.3 Å². The largest absolute Gasteiger partial charge is 0.452 e. The fourth-order valence-corrected chi connectivity index (χ4v) is 2.46. The van der Waals surface area contributed by atoms with E-state index in [1.807, 2.05) is 30.3 Å². The van der Waals surface area contributed by atoms with E-state index >= 15 is 0 Å². The maximum Gasteiger partial charge on any atom is 0.338 e. The summed E-state index contributed by atoms with van der Waals surface area (Å²) in [6.45, 7) is -0.563. The minimum absolute atomic E-state index is 0.0777. The molecule has 31 heavy (non-hydrogen) atoms. The zero-order valence-corrected chi connectivity index (χ0v) is 16.1. The molecule has 0 aromatic heterocycles. The first kappa shape index (κ1) is 21.1. The number of rotatable bonds is 7. The molecule has 1 amide bonds. The van der Waals surface area contributed by atoms with Gasteiger partial charge in [0.1, 0.15) is 5.69 Å². The number of carbonyl (C=O) groups is 2. The van der Waals surface area contributed by atoms with Gasteiger partial charge in [0, 0.05) is 11.8 Å². The Morgan fingerprint density at radius 1 is 0.968 bits per heavy atom. The Hall–Kier alpha value is -4.60. The monoisotopic (exact) mass is 419 g/mol. The second kappa shape index (κ2) is 9.74. The van der Waals surface area contributed by atoms with Crippen molar-refractivity contribution in [3.05, 3.63) is 88.5 Å². The van der Waals surface area contributed by atoms with E-state index in [1.165, 1.54) is 12.1 Å². The van der Waals surface area contributed by atoms with Crippen molar-refractivity contribution in [2.75, 3.05) is 17.7 Å². The lowest BCUT2D eigenvalue weighted by Crippen LogP contribution is -2.21. The number of nitrogens with one attached hydrogen (secondary N) is 1. The molecule has 3 N–H and O–H groups in total. The lowest BCUT2D eigenvalue weighted by atomic mass is 10.2. The topological polar surface area (TPSA) is 149 Å². The fourth-order valence-electron chi connectivity index (χ4n) is 2.46. The van der Waals surface area contributed by atoms with Gasteiger partial charge in [-0.05, 0) is 48.5 Å². The summed E-state index contributed by atoms with van der Waals surface area (Å²) in [7, 11) is 0. The van der Waals surface area contributed by atoms with Crippen molar-refractivity contribution in [1.82, 2.24) is 0 Å². The van der Waals surface area contributed by atoms with Gasteiger partial charge >= 0.3 is 5.97 Å². The van der Waals surface area contributed by atoms with Crippen LogP contribution in [0.5, 0.6) is 0 Å². The third kappa shape index (κ3) is 5.94. The lowest BCUT2D eigenvalue weighted by Gasteiger charge is -2.07. The summed E-state index contributed by atoms with van der Waals surface area (Å²) >= 11 is 0. The standard InChI is InChI=1S/C21H17N5O5/c22-18-11-6-14(12-19(18)26(29)30)21(28)31-13-20(27)23-15-7-9-17(10-8-15)25-24-16-4-2-1-3-5-16/h1-12H,13,22H2,(H,23,27). The molecular formula is C21H17N5O5. The Labute approximate surface area is 176 Å². The molecule has 0 spiro atoms.